The zero-order valence-corrected chi connectivity index (χ0v) is 22.9. The number of carbonyl (C=O) groups is 1. The second kappa shape index (κ2) is 21.8. The Hall–Kier alpha value is -1.46. The fraction of sp³-hybridized carbons (Fsp3) is 0.800. The van der Waals surface area contributed by atoms with Crippen LogP contribution in [0.15, 0.2) is 29.5 Å². The summed E-state index contributed by atoms with van der Waals surface area (Å²) in [6.45, 7) is 3.21. The molecule has 0 aromatic carbocycles. The highest BCUT2D eigenvalue weighted by Gasteiger charge is 2.34. The Balaban J connectivity index is 1.88. The van der Waals surface area contributed by atoms with Gasteiger partial charge in [0.15, 0.2) is 0 Å². The number of aliphatic imine (C=N–C) groups is 1. The molecule has 5 nitrogen and oxygen atoms in total. The van der Waals surface area contributed by atoms with E-state index in [1.165, 1.54) is 116 Å². The highest BCUT2D eigenvalue weighted by atomic mass is 16.4. The average Bonchev–Trinajstić information content (AvgIpc) is 3.21. The highest BCUT2D eigenvalue weighted by molar-refractivity contribution is 5.80. The van der Waals surface area contributed by atoms with E-state index < -0.39 is 5.97 Å². The molecule has 1 rings (SSSR count). The summed E-state index contributed by atoms with van der Waals surface area (Å²) in [6.07, 6.45) is 34.5. The van der Waals surface area contributed by atoms with Gasteiger partial charge in [-0.1, -0.05) is 109 Å². The van der Waals surface area contributed by atoms with Gasteiger partial charge in [0.1, 0.15) is 19.3 Å². The molecule has 0 aliphatic carbocycles. The van der Waals surface area contributed by atoms with Crippen molar-refractivity contribution in [2.75, 3.05) is 19.6 Å². The molecule has 1 unspecified atom stereocenters. The molecule has 0 fully saturated rings. The molecule has 0 radical (unpaired) electrons. The number of carboxylic acids is 1. The van der Waals surface area contributed by atoms with E-state index in [0.717, 1.165) is 18.7 Å². The van der Waals surface area contributed by atoms with E-state index in [4.69, 9.17) is 5.73 Å². The summed E-state index contributed by atoms with van der Waals surface area (Å²) in [7, 11) is 0. The lowest BCUT2D eigenvalue weighted by Gasteiger charge is -2.32. The topological polar surface area (TPSA) is 78.5 Å². The minimum absolute atomic E-state index is 0.0666. The van der Waals surface area contributed by atoms with Crippen LogP contribution in [0.25, 0.3) is 0 Å². The van der Waals surface area contributed by atoms with Crippen LogP contribution >= 0.6 is 0 Å². The lowest BCUT2D eigenvalue weighted by Crippen LogP contribution is -2.55. The Morgan fingerprint density at radius 1 is 0.829 bits per heavy atom. The lowest BCUT2D eigenvalue weighted by molar-refractivity contribution is -0.780. The number of rotatable bonds is 25. The van der Waals surface area contributed by atoms with Crippen molar-refractivity contribution in [3.05, 3.63) is 24.6 Å². The Morgan fingerprint density at radius 3 is 1.80 bits per heavy atom. The summed E-state index contributed by atoms with van der Waals surface area (Å²) in [6, 6.07) is 0. The fourth-order valence-corrected chi connectivity index (χ4v) is 5.04. The number of quaternary nitrogens is 1. The van der Waals surface area contributed by atoms with E-state index in [1.807, 2.05) is 6.20 Å². The zero-order valence-electron chi connectivity index (χ0n) is 22.9. The highest BCUT2D eigenvalue weighted by Crippen LogP contribution is 2.21. The average molecular weight is 490 g/mol. The van der Waals surface area contributed by atoms with Gasteiger partial charge in [-0.05, 0) is 32.1 Å². The van der Waals surface area contributed by atoms with Gasteiger partial charge in [-0.2, -0.15) is 0 Å². The largest absolute Gasteiger partial charge is 0.544 e. The number of amidine groups is 1. The molecule has 0 saturated carbocycles. The minimum Gasteiger partial charge on any atom is -0.544 e. The molecule has 5 heteroatoms. The minimum atomic E-state index is -1.05. The maximum atomic E-state index is 11.2. The molecule has 0 saturated heterocycles. The van der Waals surface area contributed by atoms with Crippen LogP contribution < -0.4 is 10.8 Å². The first-order valence-corrected chi connectivity index (χ1v) is 14.8. The molecule has 1 aliphatic rings. The van der Waals surface area contributed by atoms with Crippen LogP contribution in [0.3, 0.4) is 0 Å². The number of hydrogen-bond acceptors (Lipinski definition) is 4. The molecule has 0 amide bonds. The number of nitrogens with zero attached hydrogens (tertiary/aromatic N) is 2. The summed E-state index contributed by atoms with van der Waals surface area (Å²) in [4.78, 5) is 15.6. The summed E-state index contributed by atoms with van der Waals surface area (Å²) in [5, 5.41) is 11.2. The number of hydrogen-bond donors (Lipinski definition) is 1. The predicted molar refractivity (Wildman–Crippen MR) is 148 cm³/mol. The third-order valence-corrected chi connectivity index (χ3v) is 7.19. The van der Waals surface area contributed by atoms with Gasteiger partial charge in [0.2, 0.25) is 5.84 Å². The maximum absolute atomic E-state index is 11.2. The Kier molecular flexibility index (Phi) is 19.7. The monoisotopic (exact) mass is 489 g/mol. The Bertz CT molecular complexity index is 615. The predicted octanol–water partition coefficient (Wildman–Crippen LogP) is 6.77. The van der Waals surface area contributed by atoms with Gasteiger partial charge in [-0.25, -0.2) is 9.48 Å². The normalized spacial score (nSPS) is 17.5. The van der Waals surface area contributed by atoms with E-state index in [1.54, 1.807) is 6.20 Å². The van der Waals surface area contributed by atoms with Gasteiger partial charge >= 0.3 is 0 Å². The fourth-order valence-electron chi connectivity index (χ4n) is 5.04. The molecule has 0 spiro atoms. The number of aliphatic carboxylic acids is 1. The van der Waals surface area contributed by atoms with Gasteiger partial charge in [-0.3, -0.25) is 0 Å². The van der Waals surface area contributed by atoms with Gasteiger partial charge in [0.25, 0.3) is 0 Å². The second-order valence-corrected chi connectivity index (χ2v) is 10.4. The maximum Gasteiger partial charge on any atom is 0.207 e. The lowest BCUT2D eigenvalue weighted by atomic mass is 10.0. The molecule has 0 aromatic rings. The van der Waals surface area contributed by atoms with E-state index in [9.17, 15) is 9.90 Å². The van der Waals surface area contributed by atoms with Crippen molar-refractivity contribution in [2.24, 2.45) is 10.7 Å². The molecule has 2 N–H and O–H groups in total. The van der Waals surface area contributed by atoms with Crippen LogP contribution in [-0.2, 0) is 4.79 Å². The first-order valence-electron chi connectivity index (χ1n) is 14.8. The summed E-state index contributed by atoms with van der Waals surface area (Å²) >= 11 is 0. The number of unbranched alkanes of at least 4 members (excludes halogenated alkanes) is 17. The number of carbonyl (C=O) groups excluding carboxylic acids is 1. The molecule has 1 heterocycles. The molecular weight excluding hydrogens is 434 g/mol. The van der Waals surface area contributed by atoms with Gasteiger partial charge in [0, 0.05) is 13.0 Å². The van der Waals surface area contributed by atoms with Gasteiger partial charge in [0.05, 0.1) is 12.2 Å². The van der Waals surface area contributed by atoms with Crippen LogP contribution in [0.2, 0.25) is 0 Å². The number of nitrogens with two attached hydrogens (primary N) is 1. The standard InChI is InChI=1S/C30H55N3O2/c1-2-3-4-5-6-7-8-9-10-11-12-13-14-15-16-17-18-19-20-21-22-23-29-32-25-27-33(29,26-24-31)28-30(34)35/h8-9,25,27H,2-7,10-24,26,28,31H2,1H3/b9-8+. The molecule has 1 atom stereocenters. The van der Waals surface area contributed by atoms with Crippen molar-refractivity contribution in [3.8, 4) is 0 Å². The van der Waals surface area contributed by atoms with Crippen molar-refractivity contribution in [1.29, 1.82) is 0 Å². The number of carboxylic acid groups (broad SMARTS) is 1. The van der Waals surface area contributed by atoms with Crippen molar-refractivity contribution in [3.63, 3.8) is 0 Å². The first-order chi connectivity index (χ1) is 17.1. The van der Waals surface area contributed by atoms with Gasteiger partial charge in [-0.15, -0.1) is 0 Å². The molecule has 35 heavy (non-hydrogen) atoms. The first kappa shape index (κ1) is 31.6. The smallest absolute Gasteiger partial charge is 0.207 e. The van der Waals surface area contributed by atoms with Crippen LogP contribution in [0.1, 0.15) is 135 Å². The zero-order chi connectivity index (χ0) is 25.5. The quantitative estimate of drug-likeness (QED) is 0.0872. The van der Waals surface area contributed by atoms with Gasteiger partial charge < -0.3 is 15.6 Å². The third-order valence-electron chi connectivity index (χ3n) is 7.19. The summed E-state index contributed by atoms with van der Waals surface area (Å²) < 4.78 is 0.245. The molecule has 0 aromatic heterocycles. The molecular formula is C30H55N3O2. The van der Waals surface area contributed by atoms with Crippen molar-refractivity contribution in [2.45, 2.75) is 135 Å². The summed E-state index contributed by atoms with van der Waals surface area (Å²) in [5.41, 5.74) is 5.72. The third kappa shape index (κ3) is 16.0. The summed E-state index contributed by atoms with van der Waals surface area (Å²) in [5.74, 6) is -0.123. The van der Waals surface area contributed by atoms with Crippen LogP contribution in [0.5, 0.6) is 0 Å². The van der Waals surface area contributed by atoms with Crippen LogP contribution in [0, 0.1) is 0 Å². The Morgan fingerprint density at radius 2 is 1.31 bits per heavy atom. The van der Waals surface area contributed by atoms with E-state index >= 15 is 0 Å². The van der Waals surface area contributed by atoms with Crippen LogP contribution in [0.4, 0.5) is 0 Å². The molecule has 1 aliphatic heterocycles. The van der Waals surface area contributed by atoms with E-state index in [0.29, 0.717) is 13.1 Å². The number of allylic oxidation sites excluding steroid dienone is 2. The van der Waals surface area contributed by atoms with Crippen molar-refractivity contribution >= 4 is 11.8 Å². The molecule has 202 valence electrons. The van der Waals surface area contributed by atoms with Crippen molar-refractivity contribution in [1.82, 2.24) is 0 Å². The second-order valence-electron chi connectivity index (χ2n) is 10.4. The van der Waals surface area contributed by atoms with Crippen LogP contribution in [-0.4, -0.2) is 35.9 Å². The van der Waals surface area contributed by atoms with E-state index in [-0.39, 0.29) is 11.0 Å². The Labute approximate surface area is 216 Å². The van der Waals surface area contributed by atoms with Crippen molar-refractivity contribution < 1.29 is 14.4 Å². The SMILES string of the molecule is CCCCCCC/C=C/CCCCCCCCCCCCCCC1=NC=C[N+]1(CCN)CC(=O)[O-]. The van der Waals surface area contributed by atoms with E-state index in [2.05, 4.69) is 24.1 Å². The molecule has 0 bridgehead atoms.